The fraction of sp³-hybridized carbons (Fsp3) is 0.0952. The van der Waals surface area contributed by atoms with E-state index in [0.29, 0.717) is 28.4 Å². The maximum atomic E-state index is 12.8. The van der Waals surface area contributed by atoms with Crippen molar-refractivity contribution in [1.29, 1.82) is 0 Å². The minimum absolute atomic E-state index is 0.121. The predicted molar refractivity (Wildman–Crippen MR) is 94.4 cm³/mol. The lowest BCUT2D eigenvalue weighted by molar-refractivity contribution is -0.135. The highest BCUT2D eigenvalue weighted by atomic mass is 16.5. The van der Waals surface area contributed by atoms with Gasteiger partial charge in [0.1, 0.15) is 17.3 Å². The van der Waals surface area contributed by atoms with Gasteiger partial charge in [-0.25, -0.2) is 0 Å². The molecule has 3 aromatic rings. The monoisotopic (exact) mass is 359 g/mol. The Bertz CT molecular complexity index is 1080. The number of fused-ring (bicyclic) bond motifs is 3. The van der Waals surface area contributed by atoms with Crippen molar-refractivity contribution >= 4 is 17.8 Å². The Morgan fingerprint density at radius 3 is 2.78 bits per heavy atom. The lowest BCUT2D eigenvalue weighted by atomic mass is 9.88. The minimum atomic E-state index is -0.364. The summed E-state index contributed by atoms with van der Waals surface area (Å²) in [5.74, 6) is 0.717. The molecule has 6 nitrogen and oxygen atoms in total. The van der Waals surface area contributed by atoms with Crippen LogP contribution in [0, 0.1) is 0 Å². The molecule has 4 heterocycles. The number of pyridine rings is 1. The highest BCUT2D eigenvalue weighted by molar-refractivity contribution is 6.15. The molecule has 27 heavy (non-hydrogen) atoms. The van der Waals surface area contributed by atoms with Gasteiger partial charge in [0.05, 0.1) is 24.2 Å². The third-order valence-electron chi connectivity index (χ3n) is 4.65. The quantitative estimate of drug-likeness (QED) is 0.394. The van der Waals surface area contributed by atoms with Crippen molar-refractivity contribution in [3.8, 4) is 11.5 Å². The molecular weight excluding hydrogens is 346 g/mol. The molecule has 0 aliphatic carbocycles. The van der Waals surface area contributed by atoms with Crippen molar-refractivity contribution in [2.24, 2.45) is 0 Å². The number of allylic oxidation sites excluding steroid dienone is 1. The van der Waals surface area contributed by atoms with Crippen LogP contribution in [-0.2, 0) is 4.79 Å². The third kappa shape index (κ3) is 2.54. The maximum Gasteiger partial charge on any atom is 0.312 e. The number of ketones is 1. The second-order valence-corrected chi connectivity index (χ2v) is 6.33. The summed E-state index contributed by atoms with van der Waals surface area (Å²) in [6.07, 6.45) is 6.63. The first-order chi connectivity index (χ1) is 13.2. The molecule has 1 atom stereocenters. The molecule has 2 aliphatic rings. The van der Waals surface area contributed by atoms with Crippen LogP contribution in [0.25, 0.3) is 6.08 Å². The number of nitrogens with zero attached hydrogens (tertiary/aromatic N) is 1. The van der Waals surface area contributed by atoms with Gasteiger partial charge in [0, 0.05) is 18.0 Å². The zero-order valence-corrected chi connectivity index (χ0v) is 14.0. The van der Waals surface area contributed by atoms with Gasteiger partial charge in [-0.05, 0) is 42.0 Å². The molecule has 132 valence electrons. The van der Waals surface area contributed by atoms with E-state index in [1.165, 1.54) is 0 Å². The Hall–Kier alpha value is -3.67. The molecule has 0 radical (unpaired) electrons. The fourth-order valence-corrected chi connectivity index (χ4v) is 3.45. The van der Waals surface area contributed by atoms with Crippen LogP contribution in [0.3, 0.4) is 0 Å². The van der Waals surface area contributed by atoms with Gasteiger partial charge < -0.3 is 13.9 Å². The summed E-state index contributed by atoms with van der Waals surface area (Å²) in [5, 5.41) is 0. The van der Waals surface area contributed by atoms with E-state index in [1.54, 1.807) is 55.1 Å². The van der Waals surface area contributed by atoms with Gasteiger partial charge in [0.15, 0.2) is 5.76 Å². The largest absolute Gasteiger partial charge is 0.469 e. The Morgan fingerprint density at radius 1 is 1.07 bits per heavy atom. The summed E-state index contributed by atoms with van der Waals surface area (Å²) in [7, 11) is 0. The van der Waals surface area contributed by atoms with Crippen LogP contribution >= 0.6 is 0 Å². The molecule has 5 rings (SSSR count). The molecule has 2 aliphatic heterocycles. The molecule has 2 aromatic heterocycles. The number of furan rings is 1. The van der Waals surface area contributed by atoms with E-state index >= 15 is 0 Å². The van der Waals surface area contributed by atoms with Crippen LogP contribution in [0.2, 0.25) is 0 Å². The number of hydrogen-bond acceptors (Lipinski definition) is 6. The molecule has 0 bridgehead atoms. The number of carbonyl (C=O) groups is 2. The van der Waals surface area contributed by atoms with E-state index in [1.807, 2.05) is 6.07 Å². The molecular formula is C21H13NO5. The summed E-state index contributed by atoms with van der Waals surface area (Å²) in [4.78, 5) is 28.9. The molecule has 1 aromatic carbocycles. The summed E-state index contributed by atoms with van der Waals surface area (Å²) in [5.41, 5.74) is 1.86. The minimum Gasteiger partial charge on any atom is -0.469 e. The number of Topliss-reactive ketones (excluding diaryl/α,β-unsaturated/α-hetero) is 1. The molecule has 0 saturated heterocycles. The number of rotatable bonds is 2. The van der Waals surface area contributed by atoms with Gasteiger partial charge in [-0.2, -0.15) is 0 Å². The van der Waals surface area contributed by atoms with Crippen LogP contribution in [0.1, 0.15) is 39.6 Å². The summed E-state index contributed by atoms with van der Waals surface area (Å²) >= 11 is 0. The Kier molecular flexibility index (Phi) is 3.43. The van der Waals surface area contributed by atoms with Crippen molar-refractivity contribution < 1.29 is 23.5 Å². The van der Waals surface area contributed by atoms with E-state index in [9.17, 15) is 9.59 Å². The van der Waals surface area contributed by atoms with Crippen molar-refractivity contribution in [3.63, 3.8) is 0 Å². The van der Waals surface area contributed by atoms with Gasteiger partial charge in [-0.15, -0.1) is 0 Å². The summed E-state index contributed by atoms with van der Waals surface area (Å²) in [6, 6.07) is 10.4. The number of hydrogen-bond donors (Lipinski definition) is 0. The number of esters is 1. The van der Waals surface area contributed by atoms with E-state index in [-0.39, 0.29) is 29.9 Å². The number of benzene rings is 1. The average Bonchev–Trinajstić information content (AvgIpc) is 3.31. The van der Waals surface area contributed by atoms with E-state index in [0.717, 1.165) is 5.56 Å². The molecule has 0 fully saturated rings. The van der Waals surface area contributed by atoms with E-state index in [2.05, 4.69) is 4.98 Å². The standard InChI is InChI=1S/C21H13NO5/c23-18-10-14(15-4-2-8-25-15)19-16(26-18)6-5-13-20(24)17(27-21(13)19)9-12-3-1-7-22-11-12/h1-9,11,14H,10H2/b17-9-/t14-/m0/s1. The zero-order chi connectivity index (χ0) is 18.4. The smallest absolute Gasteiger partial charge is 0.312 e. The second-order valence-electron chi connectivity index (χ2n) is 6.33. The fourth-order valence-electron chi connectivity index (χ4n) is 3.45. The van der Waals surface area contributed by atoms with Gasteiger partial charge >= 0.3 is 5.97 Å². The maximum absolute atomic E-state index is 12.8. The first-order valence-corrected chi connectivity index (χ1v) is 8.46. The van der Waals surface area contributed by atoms with Gasteiger partial charge in [0.2, 0.25) is 5.78 Å². The number of aromatic nitrogens is 1. The SMILES string of the molecule is O=C1C[C@@H](c2ccco2)c2c(ccc3c2O/C(=C\c2cccnc2)C3=O)O1. The van der Waals surface area contributed by atoms with Crippen LogP contribution in [0.15, 0.2) is 65.2 Å². The van der Waals surface area contributed by atoms with Crippen LogP contribution in [0.5, 0.6) is 11.5 Å². The second kappa shape index (κ2) is 5.95. The van der Waals surface area contributed by atoms with E-state index in [4.69, 9.17) is 13.9 Å². The topological polar surface area (TPSA) is 78.6 Å². The molecule has 0 amide bonds. The van der Waals surface area contributed by atoms with Crippen molar-refractivity contribution in [1.82, 2.24) is 4.98 Å². The van der Waals surface area contributed by atoms with Crippen molar-refractivity contribution in [2.45, 2.75) is 12.3 Å². The van der Waals surface area contributed by atoms with Crippen molar-refractivity contribution in [2.75, 3.05) is 0 Å². The number of ether oxygens (including phenoxy) is 2. The van der Waals surface area contributed by atoms with Gasteiger partial charge in [-0.3, -0.25) is 14.6 Å². The highest BCUT2D eigenvalue weighted by Crippen LogP contribution is 2.48. The summed E-state index contributed by atoms with van der Waals surface area (Å²) < 4.78 is 16.8. The molecule has 0 unspecified atom stereocenters. The van der Waals surface area contributed by atoms with Crippen LogP contribution < -0.4 is 9.47 Å². The van der Waals surface area contributed by atoms with Gasteiger partial charge in [-0.1, -0.05) is 6.07 Å². The first kappa shape index (κ1) is 15.6. The Labute approximate surface area is 154 Å². The summed E-state index contributed by atoms with van der Waals surface area (Å²) in [6.45, 7) is 0. The molecule has 0 saturated carbocycles. The van der Waals surface area contributed by atoms with E-state index < -0.39 is 0 Å². The lowest BCUT2D eigenvalue weighted by Gasteiger charge is -2.24. The van der Waals surface area contributed by atoms with Crippen molar-refractivity contribution in [3.05, 3.63) is 83.3 Å². The Morgan fingerprint density at radius 2 is 2.00 bits per heavy atom. The van der Waals surface area contributed by atoms with Crippen LogP contribution in [-0.4, -0.2) is 16.7 Å². The molecule has 0 spiro atoms. The lowest BCUT2D eigenvalue weighted by Crippen LogP contribution is -2.21. The molecule has 0 N–H and O–H groups in total. The normalized spacial score (nSPS) is 19.4. The third-order valence-corrected chi connectivity index (χ3v) is 4.65. The average molecular weight is 359 g/mol. The van der Waals surface area contributed by atoms with Crippen LogP contribution in [0.4, 0.5) is 0 Å². The first-order valence-electron chi connectivity index (χ1n) is 8.46. The molecule has 6 heteroatoms. The zero-order valence-electron chi connectivity index (χ0n) is 14.0. The number of carbonyl (C=O) groups excluding carboxylic acids is 2. The predicted octanol–water partition coefficient (Wildman–Crippen LogP) is 3.73. The Balaban J connectivity index is 1.63. The highest BCUT2D eigenvalue weighted by Gasteiger charge is 2.39. The van der Waals surface area contributed by atoms with Gasteiger partial charge in [0.25, 0.3) is 0 Å².